The van der Waals surface area contributed by atoms with Gasteiger partial charge in [0.05, 0.1) is 6.42 Å². The van der Waals surface area contributed by atoms with Gasteiger partial charge in [0, 0.05) is 38.3 Å². The lowest BCUT2D eigenvalue weighted by molar-refractivity contribution is -0.140. The maximum Gasteiger partial charge on any atom is 0.305 e. The van der Waals surface area contributed by atoms with Crippen molar-refractivity contribution in [2.24, 2.45) is 15.6 Å². The molecule has 1 fully saturated rings. The zero-order valence-electron chi connectivity index (χ0n) is 13.2. The molecule has 6 heteroatoms. The predicted molar refractivity (Wildman–Crippen MR) is 81.0 cm³/mol. The average Bonchev–Trinajstić information content (AvgIpc) is 3.12. The summed E-state index contributed by atoms with van der Waals surface area (Å²) in [7, 11) is 0. The fourth-order valence-corrected chi connectivity index (χ4v) is 3.20. The minimum Gasteiger partial charge on any atom is -0.481 e. The molecule has 2 heterocycles. The monoisotopic (exact) mass is 305 g/mol. The summed E-state index contributed by atoms with van der Waals surface area (Å²) < 4.78 is 0. The molecule has 22 heavy (non-hydrogen) atoms. The molecule has 6 nitrogen and oxygen atoms in total. The Hall–Kier alpha value is -1.90. The van der Waals surface area contributed by atoms with Crippen molar-refractivity contribution in [2.75, 3.05) is 6.54 Å². The quantitative estimate of drug-likeness (QED) is 0.733. The molecule has 2 aliphatic rings. The van der Waals surface area contributed by atoms with E-state index in [1.54, 1.807) is 4.90 Å². The molecule has 0 radical (unpaired) electrons. The first-order valence-corrected chi connectivity index (χ1v) is 7.66. The van der Waals surface area contributed by atoms with E-state index in [4.69, 9.17) is 11.5 Å². The fraction of sp³-hybridized carbons (Fsp3) is 0.750. The minimum absolute atomic E-state index is 0.00536. The first kappa shape index (κ1) is 16.5. The van der Waals surface area contributed by atoms with Gasteiger partial charge in [0.25, 0.3) is 0 Å². The molecule has 0 aromatic heterocycles. The number of carbonyl (C=O) groups excluding carboxylic acids is 1. The number of amides is 1. The number of likely N-dealkylation sites (tertiary alicyclic amines) is 1. The van der Waals surface area contributed by atoms with E-state index < -0.39 is 11.6 Å². The molecule has 0 aromatic rings. The largest absolute Gasteiger partial charge is 0.481 e. The number of nitrogens with zero attached hydrogens (tertiary/aromatic N) is 3. The highest BCUT2D eigenvalue weighted by Crippen LogP contribution is 2.39. The zero-order valence-corrected chi connectivity index (χ0v) is 13.2. The molecule has 1 unspecified atom stereocenters. The van der Waals surface area contributed by atoms with E-state index in [9.17, 15) is 9.59 Å². The Morgan fingerprint density at radius 3 is 2.59 bits per heavy atom. The van der Waals surface area contributed by atoms with Crippen LogP contribution in [0, 0.1) is 17.8 Å². The lowest BCUT2D eigenvalue weighted by atomic mass is 9.90. The Balaban J connectivity index is 1.90. The van der Waals surface area contributed by atoms with Crippen LogP contribution in [0.5, 0.6) is 0 Å². The van der Waals surface area contributed by atoms with Gasteiger partial charge in [-0.15, -0.1) is 12.3 Å². The molecular formula is C16H23N3O3. The summed E-state index contributed by atoms with van der Waals surface area (Å²) in [6.07, 6.45) is 8.15. The highest BCUT2D eigenvalue weighted by molar-refractivity contribution is 5.78. The van der Waals surface area contributed by atoms with Gasteiger partial charge in [-0.2, -0.15) is 10.2 Å². The predicted octanol–water partition coefficient (Wildman–Crippen LogP) is 2.44. The molecule has 120 valence electrons. The summed E-state index contributed by atoms with van der Waals surface area (Å²) in [5.74, 6) is 1.70. The number of hydrogen-bond donors (Lipinski definition) is 1. The molecule has 1 N–H and O–H groups in total. The van der Waals surface area contributed by atoms with E-state index in [-0.39, 0.29) is 23.8 Å². The highest BCUT2D eigenvalue weighted by Gasteiger charge is 2.43. The molecule has 0 aromatic carbocycles. The number of carbonyl (C=O) groups is 2. The fourth-order valence-electron chi connectivity index (χ4n) is 3.20. The van der Waals surface area contributed by atoms with Crippen LogP contribution in [0.1, 0.15) is 52.4 Å². The first-order valence-electron chi connectivity index (χ1n) is 7.66. The van der Waals surface area contributed by atoms with E-state index in [0.29, 0.717) is 32.2 Å². The van der Waals surface area contributed by atoms with Crippen molar-refractivity contribution >= 4 is 11.9 Å². The molecule has 1 amide bonds. The van der Waals surface area contributed by atoms with Crippen LogP contribution >= 0.6 is 0 Å². The Bertz CT molecular complexity index is 527. The third-order valence-electron chi connectivity index (χ3n) is 4.35. The maximum absolute atomic E-state index is 12.5. The van der Waals surface area contributed by atoms with Crippen LogP contribution in [-0.4, -0.2) is 40.1 Å². The van der Waals surface area contributed by atoms with Crippen molar-refractivity contribution in [1.82, 2.24) is 4.90 Å². The van der Waals surface area contributed by atoms with Gasteiger partial charge >= 0.3 is 5.97 Å². The number of aliphatic carboxylic acids is 1. The SMILES string of the molecule is C#CCCC1(CCC(=O)N2CC(C)(C)CC2CC(=O)O)N=N1. The molecule has 0 saturated carbocycles. The molecule has 2 aliphatic heterocycles. The number of carboxylic acids is 1. The van der Waals surface area contributed by atoms with Gasteiger partial charge < -0.3 is 10.0 Å². The van der Waals surface area contributed by atoms with Gasteiger partial charge in [-0.3, -0.25) is 9.59 Å². The van der Waals surface area contributed by atoms with Crippen LogP contribution in [0.15, 0.2) is 10.2 Å². The molecule has 1 atom stereocenters. The number of rotatable bonds is 7. The van der Waals surface area contributed by atoms with Crippen molar-refractivity contribution in [3.8, 4) is 12.3 Å². The lowest BCUT2D eigenvalue weighted by Gasteiger charge is -2.24. The van der Waals surface area contributed by atoms with E-state index in [1.165, 1.54) is 0 Å². The van der Waals surface area contributed by atoms with Crippen molar-refractivity contribution in [1.29, 1.82) is 0 Å². The summed E-state index contributed by atoms with van der Waals surface area (Å²) in [4.78, 5) is 25.2. The Labute approximate surface area is 131 Å². The summed E-state index contributed by atoms with van der Waals surface area (Å²) in [6.45, 7) is 4.74. The minimum atomic E-state index is -0.863. The Kier molecular flexibility index (Phi) is 4.55. The normalized spacial score (nSPS) is 24.0. The molecule has 0 bridgehead atoms. The second-order valence-electron chi connectivity index (χ2n) is 7.03. The zero-order chi connectivity index (χ0) is 16.4. The van der Waals surface area contributed by atoms with E-state index in [1.807, 2.05) is 0 Å². The summed E-state index contributed by atoms with van der Waals surface area (Å²) >= 11 is 0. The highest BCUT2D eigenvalue weighted by atomic mass is 16.4. The molecule has 0 aliphatic carbocycles. The average molecular weight is 305 g/mol. The van der Waals surface area contributed by atoms with Gasteiger partial charge in [-0.25, -0.2) is 0 Å². The standard InChI is InChI=1S/C16H23N3O3/c1-4-5-7-16(17-18-16)8-6-13(20)19-11-15(2,3)10-12(19)9-14(21)22/h1,12H,5-11H2,2-3H3,(H,21,22). The van der Waals surface area contributed by atoms with Crippen molar-refractivity contribution in [2.45, 2.75) is 64.1 Å². The third kappa shape index (κ3) is 4.06. The van der Waals surface area contributed by atoms with Crippen LogP contribution in [0.4, 0.5) is 0 Å². The smallest absolute Gasteiger partial charge is 0.305 e. The van der Waals surface area contributed by atoms with Crippen molar-refractivity contribution in [3.05, 3.63) is 0 Å². The van der Waals surface area contributed by atoms with Crippen LogP contribution in [0.3, 0.4) is 0 Å². The lowest BCUT2D eigenvalue weighted by Crippen LogP contribution is -2.37. The van der Waals surface area contributed by atoms with Gasteiger partial charge in [0.2, 0.25) is 5.91 Å². The summed E-state index contributed by atoms with van der Waals surface area (Å²) in [5.41, 5.74) is -0.495. The van der Waals surface area contributed by atoms with Gasteiger partial charge in [0.1, 0.15) is 0 Å². The number of hydrogen-bond acceptors (Lipinski definition) is 4. The van der Waals surface area contributed by atoms with Gasteiger partial charge in [0.15, 0.2) is 5.66 Å². The first-order chi connectivity index (χ1) is 10.3. The maximum atomic E-state index is 12.5. The van der Waals surface area contributed by atoms with Crippen LogP contribution in [-0.2, 0) is 9.59 Å². The molecule has 2 rings (SSSR count). The van der Waals surface area contributed by atoms with Gasteiger partial charge in [-0.1, -0.05) is 13.8 Å². The summed E-state index contributed by atoms with van der Waals surface area (Å²) in [6, 6.07) is -0.213. The second kappa shape index (κ2) is 6.07. The van der Waals surface area contributed by atoms with Crippen LogP contribution in [0.2, 0.25) is 0 Å². The van der Waals surface area contributed by atoms with E-state index in [0.717, 1.165) is 6.42 Å². The van der Waals surface area contributed by atoms with Crippen molar-refractivity contribution < 1.29 is 14.7 Å². The third-order valence-corrected chi connectivity index (χ3v) is 4.35. The second-order valence-corrected chi connectivity index (χ2v) is 7.03. The van der Waals surface area contributed by atoms with E-state index >= 15 is 0 Å². The van der Waals surface area contributed by atoms with Crippen LogP contribution < -0.4 is 0 Å². The topological polar surface area (TPSA) is 82.3 Å². The Morgan fingerprint density at radius 1 is 1.36 bits per heavy atom. The van der Waals surface area contributed by atoms with E-state index in [2.05, 4.69) is 30.0 Å². The molecule has 0 spiro atoms. The van der Waals surface area contributed by atoms with Crippen LogP contribution in [0.25, 0.3) is 0 Å². The summed E-state index contributed by atoms with van der Waals surface area (Å²) in [5, 5.41) is 17.1. The number of carboxylic acid groups (broad SMARTS) is 1. The number of terminal acetylenes is 1. The van der Waals surface area contributed by atoms with Gasteiger partial charge in [-0.05, 0) is 11.8 Å². The Morgan fingerprint density at radius 2 is 2.05 bits per heavy atom. The molecule has 1 saturated heterocycles. The molecular weight excluding hydrogens is 282 g/mol. The van der Waals surface area contributed by atoms with Crippen molar-refractivity contribution in [3.63, 3.8) is 0 Å².